The van der Waals surface area contributed by atoms with Gasteiger partial charge >= 0.3 is 0 Å². The van der Waals surface area contributed by atoms with Gasteiger partial charge in [0.25, 0.3) is 17.3 Å². The number of nitrogens with one attached hydrogen (secondary N) is 1. The first kappa shape index (κ1) is 18.7. The Hall–Kier alpha value is -4.60. The van der Waals surface area contributed by atoms with Gasteiger partial charge in [0.1, 0.15) is 5.52 Å². The minimum absolute atomic E-state index is 0.0772. The molecule has 0 unspecified atom stereocenters. The van der Waals surface area contributed by atoms with Crippen LogP contribution in [0.4, 0.5) is 17.1 Å². The standard InChI is InChI=1S/C20H12N4O6/c25-19(12-3-7-15(8-4-12)23(26)27)21-14-5-1-13(2-6-14)20-22-17-11-16(24(28)29)9-10-18(17)30-20/h1-11H,(H,21,25). The average Bonchev–Trinajstić information content (AvgIpc) is 3.17. The Morgan fingerprint density at radius 3 is 2.13 bits per heavy atom. The highest BCUT2D eigenvalue weighted by Gasteiger charge is 2.14. The van der Waals surface area contributed by atoms with Gasteiger partial charge in [-0.2, -0.15) is 0 Å². The van der Waals surface area contributed by atoms with E-state index in [0.29, 0.717) is 28.2 Å². The molecule has 148 valence electrons. The summed E-state index contributed by atoms with van der Waals surface area (Å²) in [5, 5.41) is 24.3. The molecule has 0 radical (unpaired) electrons. The second-order valence-electron chi connectivity index (χ2n) is 6.26. The highest BCUT2D eigenvalue weighted by molar-refractivity contribution is 6.04. The van der Waals surface area contributed by atoms with Crippen LogP contribution in [0.5, 0.6) is 0 Å². The third-order valence-corrected chi connectivity index (χ3v) is 4.31. The van der Waals surface area contributed by atoms with Gasteiger partial charge in [-0.3, -0.25) is 25.0 Å². The van der Waals surface area contributed by atoms with Crippen molar-refractivity contribution in [2.45, 2.75) is 0 Å². The van der Waals surface area contributed by atoms with Crippen LogP contribution >= 0.6 is 0 Å². The van der Waals surface area contributed by atoms with E-state index < -0.39 is 15.8 Å². The van der Waals surface area contributed by atoms with E-state index in [4.69, 9.17) is 4.42 Å². The number of nitrogens with zero attached hydrogens (tertiary/aromatic N) is 3. The summed E-state index contributed by atoms with van der Waals surface area (Å²) in [7, 11) is 0. The molecule has 0 bridgehead atoms. The molecule has 0 aliphatic heterocycles. The molecule has 4 rings (SSSR count). The maximum absolute atomic E-state index is 12.3. The molecule has 0 atom stereocenters. The number of hydrogen-bond donors (Lipinski definition) is 1. The van der Waals surface area contributed by atoms with E-state index in [1.165, 1.54) is 42.5 Å². The van der Waals surface area contributed by atoms with Crippen LogP contribution in [-0.2, 0) is 0 Å². The predicted molar refractivity (Wildman–Crippen MR) is 107 cm³/mol. The molecule has 4 aromatic rings. The number of carbonyl (C=O) groups is 1. The van der Waals surface area contributed by atoms with Crippen molar-refractivity contribution in [1.29, 1.82) is 0 Å². The molecule has 1 amide bonds. The molecule has 0 aliphatic rings. The number of nitro benzene ring substituents is 2. The first-order valence-electron chi connectivity index (χ1n) is 8.62. The molecule has 0 saturated heterocycles. The lowest BCUT2D eigenvalue weighted by molar-refractivity contribution is -0.385. The fraction of sp³-hybridized carbons (Fsp3) is 0. The molecular formula is C20H12N4O6. The minimum Gasteiger partial charge on any atom is -0.436 e. The topological polar surface area (TPSA) is 141 Å². The van der Waals surface area contributed by atoms with E-state index in [9.17, 15) is 25.0 Å². The summed E-state index contributed by atoms with van der Waals surface area (Å²) in [4.78, 5) is 37.1. The first-order valence-corrected chi connectivity index (χ1v) is 8.62. The van der Waals surface area contributed by atoms with Crippen molar-refractivity contribution in [3.63, 3.8) is 0 Å². The Labute approximate surface area is 168 Å². The quantitative estimate of drug-likeness (QED) is 0.379. The highest BCUT2D eigenvalue weighted by atomic mass is 16.6. The molecule has 1 heterocycles. The number of carbonyl (C=O) groups excluding carboxylic acids is 1. The van der Waals surface area contributed by atoms with Crippen LogP contribution < -0.4 is 5.32 Å². The van der Waals surface area contributed by atoms with Crippen LogP contribution in [-0.4, -0.2) is 20.7 Å². The molecule has 1 N–H and O–H groups in total. The number of rotatable bonds is 5. The summed E-state index contributed by atoms with van der Waals surface area (Å²) in [6.45, 7) is 0. The van der Waals surface area contributed by atoms with Crippen molar-refractivity contribution in [1.82, 2.24) is 4.98 Å². The number of non-ortho nitro benzene ring substituents is 2. The van der Waals surface area contributed by atoms with Crippen molar-refractivity contribution in [3.8, 4) is 11.5 Å². The molecule has 10 heteroatoms. The molecule has 0 saturated carbocycles. The van der Waals surface area contributed by atoms with Gasteiger partial charge in [0.05, 0.1) is 9.85 Å². The minimum atomic E-state index is -0.537. The first-order chi connectivity index (χ1) is 14.4. The van der Waals surface area contributed by atoms with Gasteiger partial charge in [-0.1, -0.05) is 0 Å². The lowest BCUT2D eigenvalue weighted by atomic mass is 10.1. The fourth-order valence-electron chi connectivity index (χ4n) is 2.79. The van der Waals surface area contributed by atoms with Gasteiger partial charge in [0.15, 0.2) is 5.58 Å². The fourth-order valence-corrected chi connectivity index (χ4v) is 2.79. The van der Waals surface area contributed by atoms with Crippen molar-refractivity contribution >= 4 is 34.1 Å². The molecule has 0 aliphatic carbocycles. The summed E-state index contributed by atoms with van der Waals surface area (Å²) in [5.41, 5.74) is 2.04. The van der Waals surface area contributed by atoms with E-state index in [2.05, 4.69) is 10.3 Å². The van der Waals surface area contributed by atoms with Gasteiger partial charge < -0.3 is 9.73 Å². The Balaban J connectivity index is 1.51. The Kier molecular flexibility index (Phi) is 4.64. The van der Waals surface area contributed by atoms with Crippen molar-refractivity contribution in [3.05, 3.63) is 92.5 Å². The van der Waals surface area contributed by atoms with Gasteiger partial charge in [-0.25, -0.2) is 4.98 Å². The molecule has 10 nitrogen and oxygen atoms in total. The zero-order valence-electron chi connectivity index (χ0n) is 15.1. The maximum Gasteiger partial charge on any atom is 0.271 e. The summed E-state index contributed by atoms with van der Waals surface area (Å²) < 4.78 is 5.63. The summed E-state index contributed by atoms with van der Waals surface area (Å²) in [6, 6.07) is 16.1. The van der Waals surface area contributed by atoms with E-state index >= 15 is 0 Å². The summed E-state index contributed by atoms with van der Waals surface area (Å²) >= 11 is 0. The third kappa shape index (κ3) is 3.69. The van der Waals surface area contributed by atoms with E-state index in [0.717, 1.165) is 0 Å². The second-order valence-corrected chi connectivity index (χ2v) is 6.26. The molecule has 0 fully saturated rings. The number of anilines is 1. The van der Waals surface area contributed by atoms with Crippen molar-refractivity contribution in [2.75, 3.05) is 5.32 Å². The Morgan fingerprint density at radius 1 is 0.867 bits per heavy atom. The molecular weight excluding hydrogens is 392 g/mol. The van der Waals surface area contributed by atoms with E-state index in [1.54, 1.807) is 24.3 Å². The summed E-state index contributed by atoms with van der Waals surface area (Å²) in [6.07, 6.45) is 0. The van der Waals surface area contributed by atoms with Gasteiger partial charge in [-0.05, 0) is 42.5 Å². The smallest absolute Gasteiger partial charge is 0.271 e. The van der Waals surface area contributed by atoms with Crippen LogP contribution in [0, 0.1) is 20.2 Å². The normalized spacial score (nSPS) is 10.7. The zero-order chi connectivity index (χ0) is 21.3. The van der Waals surface area contributed by atoms with Gasteiger partial charge in [0, 0.05) is 41.1 Å². The van der Waals surface area contributed by atoms with Gasteiger partial charge in [0.2, 0.25) is 5.89 Å². The van der Waals surface area contributed by atoms with Gasteiger partial charge in [-0.15, -0.1) is 0 Å². The van der Waals surface area contributed by atoms with Crippen LogP contribution in [0.2, 0.25) is 0 Å². The predicted octanol–water partition coefficient (Wildman–Crippen LogP) is 4.56. The number of hydrogen-bond acceptors (Lipinski definition) is 7. The number of benzene rings is 3. The number of aromatic nitrogens is 1. The maximum atomic E-state index is 12.3. The monoisotopic (exact) mass is 404 g/mol. The van der Waals surface area contributed by atoms with Crippen LogP contribution in [0.25, 0.3) is 22.6 Å². The number of nitro groups is 2. The molecule has 0 spiro atoms. The Morgan fingerprint density at radius 2 is 1.50 bits per heavy atom. The summed E-state index contributed by atoms with van der Waals surface area (Å²) in [5.74, 6) is -0.120. The number of amides is 1. The third-order valence-electron chi connectivity index (χ3n) is 4.31. The van der Waals surface area contributed by atoms with E-state index in [1.807, 2.05) is 0 Å². The largest absolute Gasteiger partial charge is 0.436 e. The second kappa shape index (κ2) is 7.43. The molecule has 3 aromatic carbocycles. The lowest BCUT2D eigenvalue weighted by Crippen LogP contribution is -2.11. The number of fused-ring (bicyclic) bond motifs is 1. The Bertz CT molecular complexity index is 1280. The van der Waals surface area contributed by atoms with Crippen LogP contribution in [0.1, 0.15) is 10.4 Å². The zero-order valence-corrected chi connectivity index (χ0v) is 15.1. The van der Waals surface area contributed by atoms with Crippen molar-refractivity contribution in [2.24, 2.45) is 0 Å². The van der Waals surface area contributed by atoms with Crippen LogP contribution in [0.3, 0.4) is 0 Å². The van der Waals surface area contributed by atoms with Crippen molar-refractivity contribution < 1.29 is 19.1 Å². The molecule has 30 heavy (non-hydrogen) atoms. The highest BCUT2D eigenvalue weighted by Crippen LogP contribution is 2.27. The SMILES string of the molecule is O=C(Nc1ccc(-c2nc3cc([N+](=O)[O-])ccc3o2)cc1)c1ccc([N+](=O)[O-])cc1. The lowest BCUT2D eigenvalue weighted by Gasteiger charge is -2.05. The van der Waals surface area contributed by atoms with Crippen LogP contribution in [0.15, 0.2) is 71.1 Å². The number of oxazole rings is 1. The van der Waals surface area contributed by atoms with E-state index in [-0.39, 0.29) is 16.9 Å². The molecule has 1 aromatic heterocycles. The average molecular weight is 404 g/mol.